The third-order valence-electron chi connectivity index (χ3n) is 1.83. The van der Waals surface area contributed by atoms with Gasteiger partial charge in [0.1, 0.15) is 11.3 Å². The zero-order valence-corrected chi connectivity index (χ0v) is 9.79. The summed E-state index contributed by atoms with van der Waals surface area (Å²) >= 11 is 0. The van der Waals surface area contributed by atoms with Gasteiger partial charge in [-0.25, -0.2) is 14.4 Å². The molecular weight excluding hydrogens is 244 g/mol. The maximum Gasteiger partial charge on any atom is 2.00 e. The van der Waals surface area contributed by atoms with E-state index in [9.17, 15) is 19.5 Å². The Balaban J connectivity index is -0.000000853. The summed E-state index contributed by atoms with van der Waals surface area (Å²) in [5.41, 5.74) is -2.03. The summed E-state index contributed by atoms with van der Waals surface area (Å²) < 4.78 is 0. The molecule has 1 aromatic rings. The molecule has 88 valence electrons. The molecule has 0 bridgehead atoms. The minimum Gasteiger partial charge on any atom is -1.00 e. The van der Waals surface area contributed by atoms with Crippen LogP contribution in [0.3, 0.4) is 0 Å². The average molecular weight is 252 g/mol. The van der Waals surface area contributed by atoms with Crippen molar-refractivity contribution in [3.8, 4) is 5.75 Å². The van der Waals surface area contributed by atoms with Crippen molar-refractivity contribution in [3.05, 3.63) is 28.8 Å². The first-order valence-corrected chi connectivity index (χ1v) is 3.91. The van der Waals surface area contributed by atoms with Crippen molar-refractivity contribution >= 4 is 41.0 Å². The van der Waals surface area contributed by atoms with Gasteiger partial charge in [-0.05, 0) is 12.1 Å². The van der Waals surface area contributed by atoms with E-state index in [-0.39, 0.29) is 25.9 Å². The summed E-state index contributed by atoms with van der Waals surface area (Å²) in [6.07, 6.45) is 0. The molecule has 0 saturated heterocycles. The molecule has 7 nitrogen and oxygen atoms in total. The van der Waals surface area contributed by atoms with Gasteiger partial charge < -0.3 is 23.3 Å². The van der Waals surface area contributed by atoms with Gasteiger partial charge in [-0.2, -0.15) is 0 Å². The molecule has 1 aromatic carbocycles. The second-order valence-electron chi connectivity index (χ2n) is 2.83. The molecule has 0 saturated carbocycles. The van der Waals surface area contributed by atoms with Gasteiger partial charge in [0.25, 0.3) is 0 Å². The standard InChI is InChI=1S/C9H6O7.Mg.2H/c10-6-2-4(8(13)14)3(7(11)12)1-5(6)9(15)16;;;/h1-2,10H,(H,11,12)(H,13,14)(H,15,16);;;/q;+2;2*-1. The van der Waals surface area contributed by atoms with Crippen LogP contribution in [0, 0.1) is 0 Å². The second kappa shape index (κ2) is 5.50. The van der Waals surface area contributed by atoms with E-state index in [2.05, 4.69) is 0 Å². The molecule has 0 atom stereocenters. The molecule has 0 aliphatic rings. The zero-order valence-electron chi connectivity index (χ0n) is 10.4. The van der Waals surface area contributed by atoms with Gasteiger partial charge in [-0.1, -0.05) is 0 Å². The molecule has 0 unspecified atom stereocenters. The van der Waals surface area contributed by atoms with E-state index >= 15 is 0 Å². The van der Waals surface area contributed by atoms with Crippen molar-refractivity contribution in [2.75, 3.05) is 0 Å². The molecule has 4 N–H and O–H groups in total. The summed E-state index contributed by atoms with van der Waals surface area (Å²) in [7, 11) is 0. The van der Waals surface area contributed by atoms with Gasteiger partial charge in [-0.15, -0.1) is 0 Å². The zero-order chi connectivity index (χ0) is 12.5. The van der Waals surface area contributed by atoms with Crippen LogP contribution in [0.2, 0.25) is 0 Å². The third kappa shape index (κ3) is 3.08. The number of carboxylic acids is 3. The normalized spacial score (nSPS) is 9.18. The smallest absolute Gasteiger partial charge is 1.00 e. The molecule has 0 aliphatic heterocycles. The molecular formula is C9H8MgO7. The fourth-order valence-electron chi connectivity index (χ4n) is 1.11. The van der Waals surface area contributed by atoms with Crippen LogP contribution in [0.5, 0.6) is 5.75 Å². The summed E-state index contributed by atoms with van der Waals surface area (Å²) in [5.74, 6) is -5.49. The van der Waals surface area contributed by atoms with Gasteiger partial charge in [0, 0.05) is 0 Å². The first kappa shape index (κ1) is 15.2. The van der Waals surface area contributed by atoms with Crippen LogP contribution in [-0.4, -0.2) is 61.4 Å². The Labute approximate surface area is 113 Å². The van der Waals surface area contributed by atoms with Crippen molar-refractivity contribution in [2.24, 2.45) is 0 Å². The Morgan fingerprint density at radius 3 is 1.53 bits per heavy atom. The van der Waals surface area contributed by atoms with Gasteiger partial charge in [0.15, 0.2) is 0 Å². The maximum absolute atomic E-state index is 10.7. The monoisotopic (exact) mass is 252 g/mol. The summed E-state index contributed by atoms with van der Waals surface area (Å²) in [6.45, 7) is 0. The van der Waals surface area contributed by atoms with Crippen LogP contribution >= 0.6 is 0 Å². The van der Waals surface area contributed by atoms with Crippen LogP contribution in [0.15, 0.2) is 12.1 Å². The summed E-state index contributed by atoms with van der Waals surface area (Å²) in [6, 6.07) is 1.19. The molecule has 17 heavy (non-hydrogen) atoms. The van der Waals surface area contributed by atoms with Crippen molar-refractivity contribution in [2.45, 2.75) is 0 Å². The number of hydrogen-bond acceptors (Lipinski definition) is 4. The number of phenols is 1. The average Bonchev–Trinajstić information content (AvgIpc) is 2.15. The number of carboxylic acid groups (broad SMARTS) is 3. The Hall–Kier alpha value is -1.80. The van der Waals surface area contributed by atoms with E-state index in [0.29, 0.717) is 12.1 Å². The number of benzene rings is 1. The molecule has 0 spiro atoms. The molecule has 0 amide bonds. The van der Waals surface area contributed by atoms with Crippen LogP contribution in [0.1, 0.15) is 33.9 Å². The van der Waals surface area contributed by atoms with Crippen LogP contribution < -0.4 is 0 Å². The predicted molar refractivity (Wildman–Crippen MR) is 57.0 cm³/mol. The topological polar surface area (TPSA) is 132 Å². The van der Waals surface area contributed by atoms with Crippen molar-refractivity contribution in [1.82, 2.24) is 0 Å². The molecule has 0 aliphatic carbocycles. The predicted octanol–water partition coefficient (Wildman–Crippen LogP) is 0.331. The first-order valence-electron chi connectivity index (χ1n) is 3.91. The van der Waals surface area contributed by atoms with E-state index in [1.807, 2.05) is 0 Å². The number of aromatic hydroxyl groups is 1. The summed E-state index contributed by atoms with van der Waals surface area (Å²) in [4.78, 5) is 31.9. The van der Waals surface area contributed by atoms with Gasteiger partial charge in [0.2, 0.25) is 0 Å². The number of hydrogen-bond donors (Lipinski definition) is 4. The molecule has 0 fully saturated rings. The fraction of sp³-hybridized carbons (Fsp3) is 0. The van der Waals surface area contributed by atoms with Crippen LogP contribution in [0.25, 0.3) is 0 Å². The van der Waals surface area contributed by atoms with Crippen molar-refractivity contribution in [1.29, 1.82) is 0 Å². The van der Waals surface area contributed by atoms with Gasteiger partial charge >= 0.3 is 41.0 Å². The van der Waals surface area contributed by atoms with Crippen LogP contribution in [0.4, 0.5) is 0 Å². The number of aromatic carboxylic acids is 3. The third-order valence-corrected chi connectivity index (χ3v) is 1.83. The number of rotatable bonds is 3. The van der Waals surface area contributed by atoms with Crippen molar-refractivity contribution < 1.29 is 37.7 Å². The Kier molecular flexibility index (Phi) is 4.92. The van der Waals surface area contributed by atoms with Gasteiger partial charge in [-0.3, -0.25) is 0 Å². The summed E-state index contributed by atoms with van der Waals surface area (Å²) in [5, 5.41) is 35.1. The Morgan fingerprint density at radius 1 is 0.824 bits per heavy atom. The van der Waals surface area contributed by atoms with E-state index in [0.717, 1.165) is 0 Å². The SMILES string of the molecule is O=C(O)c1cc(C(=O)O)c(C(=O)O)cc1O.[H-].[H-].[Mg+2]. The minimum absolute atomic E-state index is 0. The molecule has 8 heteroatoms. The van der Waals surface area contributed by atoms with Gasteiger partial charge in [0.05, 0.1) is 11.1 Å². The fourth-order valence-corrected chi connectivity index (χ4v) is 1.11. The van der Waals surface area contributed by atoms with E-state index < -0.39 is 40.3 Å². The molecule has 0 heterocycles. The first-order chi connectivity index (χ1) is 7.34. The second-order valence-corrected chi connectivity index (χ2v) is 2.83. The maximum atomic E-state index is 10.7. The van der Waals surface area contributed by atoms with E-state index in [1.165, 1.54) is 0 Å². The quantitative estimate of drug-likeness (QED) is 0.570. The molecule has 0 aromatic heterocycles. The Morgan fingerprint density at radius 2 is 1.18 bits per heavy atom. The molecule has 1 rings (SSSR count). The largest absolute Gasteiger partial charge is 2.00 e. The minimum atomic E-state index is -1.58. The number of carbonyl (C=O) groups is 3. The van der Waals surface area contributed by atoms with E-state index in [4.69, 9.17) is 15.3 Å². The van der Waals surface area contributed by atoms with Crippen LogP contribution in [-0.2, 0) is 0 Å². The van der Waals surface area contributed by atoms with Crippen molar-refractivity contribution in [3.63, 3.8) is 0 Å². The molecule has 0 radical (unpaired) electrons. The Bertz CT molecular complexity index is 504. The van der Waals surface area contributed by atoms with E-state index in [1.54, 1.807) is 0 Å².